The molecule has 7 nitrogen and oxygen atoms in total. The smallest absolute Gasteiger partial charge is 0.193 e. The van der Waals surface area contributed by atoms with Gasteiger partial charge in [-0.05, 0) is 19.9 Å². The van der Waals surface area contributed by atoms with Crippen LogP contribution in [-0.2, 0) is 9.47 Å². The van der Waals surface area contributed by atoms with Gasteiger partial charge in [0, 0.05) is 65.4 Å². The number of nitrogens with one attached hydrogen (secondary N) is 1. The third-order valence-electron chi connectivity index (χ3n) is 5.30. The predicted molar refractivity (Wildman–Crippen MR) is 107 cm³/mol. The fourth-order valence-electron chi connectivity index (χ4n) is 3.61. The second-order valence-corrected chi connectivity index (χ2v) is 7.18. The molecule has 26 heavy (non-hydrogen) atoms. The molecule has 0 bridgehead atoms. The van der Waals surface area contributed by atoms with Gasteiger partial charge in [0.05, 0.1) is 26.4 Å². The molecule has 1 unspecified atom stereocenters. The molecule has 2 aliphatic rings. The van der Waals surface area contributed by atoms with E-state index in [-0.39, 0.29) is 0 Å². The van der Waals surface area contributed by atoms with Crippen molar-refractivity contribution in [3.05, 3.63) is 0 Å². The van der Waals surface area contributed by atoms with Crippen molar-refractivity contribution in [3.8, 4) is 0 Å². The lowest BCUT2D eigenvalue weighted by Crippen LogP contribution is -2.47. The van der Waals surface area contributed by atoms with E-state index in [0.29, 0.717) is 19.1 Å². The Labute approximate surface area is 159 Å². The van der Waals surface area contributed by atoms with Gasteiger partial charge in [-0.3, -0.25) is 9.89 Å². The van der Waals surface area contributed by atoms with Gasteiger partial charge in [-0.15, -0.1) is 0 Å². The molecule has 1 atom stereocenters. The minimum absolute atomic E-state index is 0.595. The SMILES string of the molecule is CCNC(=NCCN1CCN(CC)CC1)N1CCC(COCCOC)C1. The Balaban J connectivity index is 1.71. The van der Waals surface area contributed by atoms with Crippen LogP contribution in [-0.4, -0.2) is 113 Å². The zero-order chi connectivity index (χ0) is 18.6. The van der Waals surface area contributed by atoms with Gasteiger partial charge in [0.1, 0.15) is 0 Å². The second-order valence-electron chi connectivity index (χ2n) is 7.18. The normalized spacial score (nSPS) is 23.0. The molecule has 0 radical (unpaired) electrons. The van der Waals surface area contributed by atoms with Crippen LogP contribution in [0.15, 0.2) is 4.99 Å². The minimum atomic E-state index is 0.595. The van der Waals surface area contributed by atoms with Crippen LogP contribution in [0.3, 0.4) is 0 Å². The van der Waals surface area contributed by atoms with Crippen LogP contribution in [0.25, 0.3) is 0 Å². The molecular weight excluding hydrogens is 330 g/mol. The highest BCUT2D eigenvalue weighted by molar-refractivity contribution is 5.80. The molecule has 152 valence electrons. The minimum Gasteiger partial charge on any atom is -0.382 e. The van der Waals surface area contributed by atoms with Crippen LogP contribution in [0, 0.1) is 5.92 Å². The Morgan fingerprint density at radius 1 is 1.08 bits per heavy atom. The fourth-order valence-corrected chi connectivity index (χ4v) is 3.61. The van der Waals surface area contributed by atoms with Crippen molar-refractivity contribution >= 4 is 5.96 Å². The van der Waals surface area contributed by atoms with Gasteiger partial charge in [-0.2, -0.15) is 0 Å². The van der Waals surface area contributed by atoms with E-state index in [1.54, 1.807) is 7.11 Å². The summed E-state index contributed by atoms with van der Waals surface area (Å²) in [6, 6.07) is 0. The number of nitrogens with zero attached hydrogens (tertiary/aromatic N) is 4. The maximum atomic E-state index is 5.70. The standard InChI is InChI=1S/C19H39N5O2/c1-4-20-19(21-7-9-23-12-10-22(5-2)11-13-23)24-8-6-18(16-24)17-26-15-14-25-3/h18H,4-17H2,1-3H3,(H,20,21). The molecule has 2 saturated heterocycles. The fraction of sp³-hybridized carbons (Fsp3) is 0.947. The maximum Gasteiger partial charge on any atom is 0.193 e. The summed E-state index contributed by atoms with van der Waals surface area (Å²) < 4.78 is 10.7. The van der Waals surface area contributed by atoms with Gasteiger partial charge in [0.25, 0.3) is 0 Å². The van der Waals surface area contributed by atoms with E-state index in [0.717, 1.165) is 45.3 Å². The molecule has 0 spiro atoms. The average molecular weight is 370 g/mol. The van der Waals surface area contributed by atoms with E-state index in [1.165, 1.54) is 39.1 Å². The van der Waals surface area contributed by atoms with Crippen LogP contribution < -0.4 is 5.32 Å². The molecule has 0 saturated carbocycles. The van der Waals surface area contributed by atoms with E-state index in [2.05, 4.69) is 33.9 Å². The quantitative estimate of drug-likeness (QED) is 0.345. The molecule has 0 aromatic heterocycles. The number of hydrogen-bond donors (Lipinski definition) is 1. The van der Waals surface area contributed by atoms with E-state index in [4.69, 9.17) is 14.5 Å². The lowest BCUT2D eigenvalue weighted by Gasteiger charge is -2.33. The molecule has 0 aromatic carbocycles. The van der Waals surface area contributed by atoms with Crippen LogP contribution in [0.2, 0.25) is 0 Å². The first-order valence-corrected chi connectivity index (χ1v) is 10.3. The van der Waals surface area contributed by atoms with E-state index < -0.39 is 0 Å². The summed E-state index contributed by atoms with van der Waals surface area (Å²) in [6.07, 6.45) is 1.18. The molecule has 0 aliphatic carbocycles. The van der Waals surface area contributed by atoms with Crippen LogP contribution in [0.1, 0.15) is 20.3 Å². The summed E-state index contributed by atoms with van der Waals surface area (Å²) in [7, 11) is 1.71. The van der Waals surface area contributed by atoms with Gasteiger partial charge >= 0.3 is 0 Å². The monoisotopic (exact) mass is 369 g/mol. The van der Waals surface area contributed by atoms with Gasteiger partial charge < -0.3 is 24.6 Å². The Morgan fingerprint density at radius 3 is 2.54 bits per heavy atom. The summed E-state index contributed by atoms with van der Waals surface area (Å²) in [4.78, 5) is 12.3. The van der Waals surface area contributed by atoms with Gasteiger partial charge in [-0.1, -0.05) is 6.92 Å². The zero-order valence-corrected chi connectivity index (χ0v) is 17.1. The molecule has 2 aliphatic heterocycles. The van der Waals surface area contributed by atoms with Gasteiger partial charge in [0.15, 0.2) is 5.96 Å². The van der Waals surface area contributed by atoms with E-state index >= 15 is 0 Å². The molecular formula is C19H39N5O2. The lowest BCUT2D eigenvalue weighted by molar-refractivity contribution is 0.0536. The predicted octanol–water partition coefficient (Wildman–Crippen LogP) is 0.574. The van der Waals surface area contributed by atoms with Crippen LogP contribution >= 0.6 is 0 Å². The Kier molecular flexibility index (Phi) is 10.3. The van der Waals surface area contributed by atoms with Crippen molar-refractivity contribution in [1.29, 1.82) is 0 Å². The first-order chi connectivity index (χ1) is 12.8. The third-order valence-corrected chi connectivity index (χ3v) is 5.30. The number of piperazine rings is 1. The van der Waals surface area contributed by atoms with Crippen LogP contribution in [0.4, 0.5) is 0 Å². The lowest BCUT2D eigenvalue weighted by atomic mass is 10.1. The molecule has 0 amide bonds. The molecule has 2 rings (SSSR count). The number of likely N-dealkylation sites (N-methyl/N-ethyl adjacent to an activating group) is 1. The average Bonchev–Trinajstić information content (AvgIpc) is 3.14. The molecule has 2 fully saturated rings. The van der Waals surface area contributed by atoms with Crippen LogP contribution in [0.5, 0.6) is 0 Å². The summed E-state index contributed by atoms with van der Waals surface area (Å²) in [5.74, 6) is 1.66. The van der Waals surface area contributed by atoms with Gasteiger partial charge in [-0.25, -0.2) is 0 Å². The summed E-state index contributed by atoms with van der Waals surface area (Å²) in [5.41, 5.74) is 0. The van der Waals surface area contributed by atoms with Gasteiger partial charge in [0.2, 0.25) is 0 Å². The zero-order valence-electron chi connectivity index (χ0n) is 17.1. The Hall–Kier alpha value is -0.890. The van der Waals surface area contributed by atoms with E-state index in [1.807, 2.05) is 0 Å². The first kappa shape index (κ1) is 21.4. The highest BCUT2D eigenvalue weighted by Crippen LogP contribution is 2.16. The summed E-state index contributed by atoms with van der Waals surface area (Å²) in [6.45, 7) is 17.4. The largest absolute Gasteiger partial charge is 0.382 e. The third kappa shape index (κ3) is 7.39. The van der Waals surface area contributed by atoms with Crippen molar-refractivity contribution in [3.63, 3.8) is 0 Å². The summed E-state index contributed by atoms with van der Waals surface area (Å²) in [5, 5.41) is 3.46. The maximum absolute atomic E-state index is 5.70. The molecule has 2 heterocycles. The number of ether oxygens (including phenoxy) is 2. The first-order valence-electron chi connectivity index (χ1n) is 10.3. The highest BCUT2D eigenvalue weighted by atomic mass is 16.5. The molecule has 7 heteroatoms. The van der Waals surface area contributed by atoms with Crippen molar-refractivity contribution in [2.45, 2.75) is 20.3 Å². The number of likely N-dealkylation sites (tertiary alicyclic amines) is 1. The second kappa shape index (κ2) is 12.5. The number of rotatable bonds is 10. The molecule has 0 aromatic rings. The Morgan fingerprint density at radius 2 is 1.85 bits per heavy atom. The van der Waals surface area contributed by atoms with Crippen molar-refractivity contribution in [2.24, 2.45) is 10.9 Å². The highest BCUT2D eigenvalue weighted by Gasteiger charge is 2.25. The van der Waals surface area contributed by atoms with Crippen molar-refractivity contribution < 1.29 is 9.47 Å². The number of hydrogen-bond acceptors (Lipinski definition) is 5. The van der Waals surface area contributed by atoms with Crippen molar-refractivity contribution in [2.75, 3.05) is 92.4 Å². The summed E-state index contributed by atoms with van der Waals surface area (Å²) >= 11 is 0. The number of guanidine groups is 1. The molecule has 1 N–H and O–H groups in total. The number of aliphatic imine (C=N–C) groups is 1. The number of methoxy groups -OCH3 is 1. The van der Waals surface area contributed by atoms with Crippen molar-refractivity contribution in [1.82, 2.24) is 20.0 Å². The van der Waals surface area contributed by atoms with E-state index in [9.17, 15) is 0 Å². The topological polar surface area (TPSA) is 52.6 Å². The Bertz CT molecular complexity index is 399.